The first-order valence-corrected chi connectivity index (χ1v) is 5.63. The van der Waals surface area contributed by atoms with Crippen LogP contribution in [0.2, 0.25) is 0 Å². The van der Waals surface area contributed by atoms with E-state index in [-0.39, 0.29) is 12.2 Å². The summed E-state index contributed by atoms with van der Waals surface area (Å²) in [7, 11) is 1.83. The summed E-state index contributed by atoms with van der Waals surface area (Å²) in [5.74, 6) is -1.34. The minimum absolute atomic E-state index is 0.240. The van der Waals surface area contributed by atoms with Gasteiger partial charge in [-0.2, -0.15) is 0 Å². The molecule has 0 aliphatic carbocycles. The first-order valence-electron chi connectivity index (χ1n) is 5.63. The maximum absolute atomic E-state index is 13.2. The SMILES string of the molecule is Cc1c(CC(N)C(=O)O)c2ccc(F)cc2n1C. The number of halogens is 1. The monoisotopic (exact) mass is 250 g/mol. The molecule has 0 bridgehead atoms. The Labute approximate surface area is 104 Å². The average Bonchev–Trinajstić information content (AvgIpc) is 2.54. The Hall–Kier alpha value is -1.88. The van der Waals surface area contributed by atoms with E-state index in [1.165, 1.54) is 12.1 Å². The van der Waals surface area contributed by atoms with Gasteiger partial charge in [0.1, 0.15) is 11.9 Å². The zero-order valence-electron chi connectivity index (χ0n) is 10.3. The molecule has 2 rings (SSSR count). The van der Waals surface area contributed by atoms with Crippen molar-refractivity contribution < 1.29 is 14.3 Å². The van der Waals surface area contributed by atoms with Crippen LogP contribution >= 0.6 is 0 Å². The van der Waals surface area contributed by atoms with Crippen molar-refractivity contribution >= 4 is 16.9 Å². The van der Waals surface area contributed by atoms with Crippen LogP contribution in [0.15, 0.2) is 18.2 Å². The number of aliphatic carboxylic acids is 1. The molecular weight excluding hydrogens is 235 g/mol. The van der Waals surface area contributed by atoms with Crippen LogP contribution in [0.25, 0.3) is 10.9 Å². The molecule has 3 N–H and O–H groups in total. The van der Waals surface area contributed by atoms with Crippen LogP contribution in [0.3, 0.4) is 0 Å². The van der Waals surface area contributed by atoms with Crippen LogP contribution in [-0.4, -0.2) is 21.7 Å². The molecule has 5 heteroatoms. The second kappa shape index (κ2) is 4.42. The normalized spacial score (nSPS) is 12.9. The van der Waals surface area contributed by atoms with E-state index >= 15 is 0 Å². The summed E-state index contributed by atoms with van der Waals surface area (Å²) in [4.78, 5) is 10.8. The average molecular weight is 250 g/mol. The van der Waals surface area contributed by atoms with E-state index < -0.39 is 12.0 Å². The molecule has 4 nitrogen and oxygen atoms in total. The number of benzene rings is 1. The zero-order valence-corrected chi connectivity index (χ0v) is 10.3. The Kier molecular flexibility index (Phi) is 3.09. The fourth-order valence-corrected chi connectivity index (χ4v) is 2.18. The van der Waals surface area contributed by atoms with E-state index in [1.807, 2.05) is 18.5 Å². The molecular formula is C13H15FN2O2. The summed E-state index contributed by atoms with van der Waals surface area (Å²) < 4.78 is 15.1. The van der Waals surface area contributed by atoms with Crippen molar-refractivity contribution in [2.45, 2.75) is 19.4 Å². The van der Waals surface area contributed by atoms with Crippen LogP contribution in [0.1, 0.15) is 11.3 Å². The highest BCUT2D eigenvalue weighted by Crippen LogP contribution is 2.26. The number of fused-ring (bicyclic) bond motifs is 1. The summed E-state index contributed by atoms with van der Waals surface area (Å²) in [6.07, 6.45) is 0.240. The van der Waals surface area contributed by atoms with E-state index in [2.05, 4.69) is 0 Å². The van der Waals surface area contributed by atoms with Crippen molar-refractivity contribution in [1.82, 2.24) is 4.57 Å². The lowest BCUT2D eigenvalue weighted by Gasteiger charge is -2.07. The van der Waals surface area contributed by atoms with Gasteiger partial charge in [-0.15, -0.1) is 0 Å². The van der Waals surface area contributed by atoms with Crippen molar-refractivity contribution in [3.63, 3.8) is 0 Å². The summed E-state index contributed by atoms with van der Waals surface area (Å²) in [5.41, 5.74) is 8.09. The number of carboxylic acid groups (broad SMARTS) is 1. The Morgan fingerprint density at radius 1 is 1.56 bits per heavy atom. The lowest BCUT2D eigenvalue weighted by Crippen LogP contribution is -2.32. The Bertz CT molecular complexity index is 619. The summed E-state index contributed by atoms with van der Waals surface area (Å²) >= 11 is 0. The van der Waals surface area contributed by atoms with Crippen molar-refractivity contribution in [2.24, 2.45) is 12.8 Å². The maximum atomic E-state index is 13.2. The van der Waals surface area contributed by atoms with Crippen LogP contribution in [0.4, 0.5) is 4.39 Å². The molecule has 0 aliphatic heterocycles. The van der Waals surface area contributed by atoms with E-state index in [0.29, 0.717) is 0 Å². The number of carbonyl (C=O) groups is 1. The van der Waals surface area contributed by atoms with Gasteiger partial charge in [-0.1, -0.05) is 0 Å². The van der Waals surface area contributed by atoms with Crippen LogP contribution in [0, 0.1) is 12.7 Å². The smallest absolute Gasteiger partial charge is 0.320 e. The lowest BCUT2D eigenvalue weighted by atomic mass is 10.0. The molecule has 0 fully saturated rings. The van der Waals surface area contributed by atoms with Gasteiger partial charge in [0.2, 0.25) is 0 Å². The molecule has 1 aromatic carbocycles. The zero-order chi connectivity index (χ0) is 13.4. The van der Waals surface area contributed by atoms with Gasteiger partial charge in [0.25, 0.3) is 0 Å². The molecule has 1 atom stereocenters. The van der Waals surface area contributed by atoms with E-state index in [4.69, 9.17) is 10.8 Å². The first-order chi connectivity index (χ1) is 8.41. The highest BCUT2D eigenvalue weighted by Gasteiger charge is 2.18. The van der Waals surface area contributed by atoms with Crippen molar-refractivity contribution in [3.05, 3.63) is 35.3 Å². The number of hydrogen-bond acceptors (Lipinski definition) is 2. The van der Waals surface area contributed by atoms with E-state index in [0.717, 1.165) is 22.2 Å². The van der Waals surface area contributed by atoms with Crippen LogP contribution in [-0.2, 0) is 18.3 Å². The van der Waals surface area contributed by atoms with Gasteiger partial charge in [-0.25, -0.2) is 4.39 Å². The number of carboxylic acids is 1. The Balaban J connectivity index is 2.57. The highest BCUT2D eigenvalue weighted by atomic mass is 19.1. The minimum Gasteiger partial charge on any atom is -0.480 e. The van der Waals surface area contributed by atoms with Gasteiger partial charge in [0.05, 0.1) is 5.52 Å². The number of aromatic nitrogens is 1. The molecule has 0 aliphatic rings. The van der Waals surface area contributed by atoms with Crippen molar-refractivity contribution in [2.75, 3.05) is 0 Å². The molecule has 96 valence electrons. The molecule has 0 amide bonds. The van der Waals surface area contributed by atoms with Crippen molar-refractivity contribution in [1.29, 1.82) is 0 Å². The second-order valence-electron chi connectivity index (χ2n) is 4.43. The van der Waals surface area contributed by atoms with Crippen molar-refractivity contribution in [3.8, 4) is 0 Å². The van der Waals surface area contributed by atoms with Crippen LogP contribution in [0.5, 0.6) is 0 Å². The Morgan fingerprint density at radius 2 is 2.22 bits per heavy atom. The largest absolute Gasteiger partial charge is 0.480 e. The summed E-state index contributed by atoms with van der Waals surface area (Å²) in [5, 5.41) is 9.72. The second-order valence-corrected chi connectivity index (χ2v) is 4.43. The minimum atomic E-state index is -1.03. The van der Waals surface area contributed by atoms with Gasteiger partial charge < -0.3 is 15.4 Å². The first kappa shape index (κ1) is 12.6. The third kappa shape index (κ3) is 1.97. The molecule has 0 spiro atoms. The van der Waals surface area contributed by atoms with Gasteiger partial charge in [0, 0.05) is 24.5 Å². The van der Waals surface area contributed by atoms with Gasteiger partial charge in [0.15, 0.2) is 0 Å². The molecule has 1 aromatic heterocycles. The molecule has 1 heterocycles. The molecule has 0 saturated heterocycles. The van der Waals surface area contributed by atoms with Gasteiger partial charge in [-0.3, -0.25) is 4.79 Å². The number of nitrogens with zero attached hydrogens (tertiary/aromatic N) is 1. The molecule has 2 aromatic rings. The predicted molar refractivity (Wildman–Crippen MR) is 66.9 cm³/mol. The molecule has 1 unspecified atom stereocenters. The quantitative estimate of drug-likeness (QED) is 0.869. The summed E-state index contributed by atoms with van der Waals surface area (Å²) in [6.45, 7) is 1.88. The molecule has 18 heavy (non-hydrogen) atoms. The highest BCUT2D eigenvalue weighted by molar-refractivity contribution is 5.86. The number of rotatable bonds is 3. The topological polar surface area (TPSA) is 68.2 Å². The Morgan fingerprint density at radius 3 is 2.83 bits per heavy atom. The van der Waals surface area contributed by atoms with Crippen LogP contribution < -0.4 is 5.73 Å². The standard InChI is InChI=1S/C13H15FN2O2/c1-7-10(6-11(15)13(17)18)9-4-3-8(14)5-12(9)16(7)2/h3-5,11H,6,15H2,1-2H3,(H,17,18). The number of aryl methyl sites for hydroxylation is 1. The van der Waals surface area contributed by atoms with E-state index in [1.54, 1.807) is 6.07 Å². The summed E-state index contributed by atoms with van der Waals surface area (Å²) in [6, 6.07) is 3.54. The molecule has 0 radical (unpaired) electrons. The third-order valence-electron chi connectivity index (χ3n) is 3.33. The number of nitrogens with two attached hydrogens (primary N) is 1. The van der Waals surface area contributed by atoms with E-state index in [9.17, 15) is 9.18 Å². The number of hydrogen-bond donors (Lipinski definition) is 2. The fourth-order valence-electron chi connectivity index (χ4n) is 2.18. The van der Waals surface area contributed by atoms with Gasteiger partial charge >= 0.3 is 5.97 Å². The third-order valence-corrected chi connectivity index (χ3v) is 3.33. The predicted octanol–water partition coefficient (Wildman–Crippen LogP) is 1.58. The molecule has 0 saturated carbocycles. The maximum Gasteiger partial charge on any atom is 0.320 e. The van der Waals surface area contributed by atoms with Gasteiger partial charge in [-0.05, 0) is 30.7 Å². The fraction of sp³-hybridized carbons (Fsp3) is 0.308. The lowest BCUT2D eigenvalue weighted by molar-refractivity contribution is -0.138.